The van der Waals surface area contributed by atoms with Crippen molar-refractivity contribution in [1.82, 2.24) is 14.8 Å². The minimum atomic E-state index is -0.879. The summed E-state index contributed by atoms with van der Waals surface area (Å²) in [6.07, 6.45) is 2.93. The summed E-state index contributed by atoms with van der Waals surface area (Å²) in [5.41, 5.74) is 3.17. The van der Waals surface area contributed by atoms with Crippen LogP contribution in [0.3, 0.4) is 0 Å². The zero-order valence-corrected chi connectivity index (χ0v) is 15.6. The first kappa shape index (κ1) is 17.9. The van der Waals surface area contributed by atoms with Crippen LogP contribution in [0.2, 0.25) is 0 Å². The summed E-state index contributed by atoms with van der Waals surface area (Å²) >= 11 is 0. The Morgan fingerprint density at radius 2 is 1.89 bits per heavy atom. The number of hydrogen-bond acceptors (Lipinski definition) is 5. The Kier molecular flexibility index (Phi) is 4.65. The van der Waals surface area contributed by atoms with Crippen LogP contribution in [0, 0.1) is 0 Å². The van der Waals surface area contributed by atoms with E-state index in [0.29, 0.717) is 5.56 Å². The first-order chi connectivity index (χ1) is 13.5. The van der Waals surface area contributed by atoms with Crippen LogP contribution in [-0.2, 0) is 16.0 Å². The minimum absolute atomic E-state index is 0.0352. The van der Waals surface area contributed by atoms with Crippen molar-refractivity contribution in [2.75, 3.05) is 4.90 Å². The Hall–Kier alpha value is -3.48. The van der Waals surface area contributed by atoms with Crippen LogP contribution in [0.15, 0.2) is 61.2 Å². The van der Waals surface area contributed by atoms with E-state index in [2.05, 4.69) is 10.1 Å². The van der Waals surface area contributed by atoms with Crippen LogP contribution in [-0.4, -0.2) is 38.8 Å². The molecule has 2 aromatic carbocycles. The average Bonchev–Trinajstić information content (AvgIpc) is 3.34. The number of amides is 1. The summed E-state index contributed by atoms with van der Waals surface area (Å²) in [6, 6.07) is 14.6. The first-order valence-corrected chi connectivity index (χ1v) is 9.11. The Morgan fingerprint density at radius 1 is 1.14 bits per heavy atom. The summed E-state index contributed by atoms with van der Waals surface area (Å²) in [4.78, 5) is 31.0. The molecule has 0 radical (unpaired) electrons. The maximum Gasteiger partial charge on any atom is 0.338 e. The lowest BCUT2D eigenvalue weighted by Crippen LogP contribution is -2.43. The maximum absolute atomic E-state index is 12.9. The summed E-state index contributed by atoms with van der Waals surface area (Å²) in [7, 11) is 0. The van der Waals surface area contributed by atoms with E-state index in [4.69, 9.17) is 4.74 Å². The highest BCUT2D eigenvalue weighted by Crippen LogP contribution is 2.32. The van der Waals surface area contributed by atoms with Crippen LogP contribution >= 0.6 is 0 Å². The molecular weight excluding hydrogens is 356 g/mol. The molecule has 2 heterocycles. The standard InChI is InChI=1S/C21H20N4O3/c1-14-11-17-5-3-4-6-19(17)25(14)20(26)15(2)28-21(27)16-7-9-18(10-8-16)24-13-22-12-23-24/h3-10,12-15H,11H2,1-2H3/t14-,15+/m0/s1. The molecule has 1 aromatic heterocycles. The number of carbonyl (C=O) groups is 2. The second-order valence-corrected chi connectivity index (χ2v) is 6.82. The van der Waals surface area contributed by atoms with Crippen LogP contribution in [0.1, 0.15) is 29.8 Å². The van der Waals surface area contributed by atoms with Crippen molar-refractivity contribution in [3.63, 3.8) is 0 Å². The van der Waals surface area contributed by atoms with Gasteiger partial charge in [-0.3, -0.25) is 4.79 Å². The highest BCUT2D eigenvalue weighted by Gasteiger charge is 2.34. The number of carbonyl (C=O) groups excluding carboxylic acids is 2. The highest BCUT2D eigenvalue weighted by atomic mass is 16.5. The third-order valence-corrected chi connectivity index (χ3v) is 4.86. The van der Waals surface area contributed by atoms with Crippen molar-refractivity contribution >= 4 is 17.6 Å². The Morgan fingerprint density at radius 3 is 2.61 bits per heavy atom. The predicted octanol–water partition coefficient (Wildman–Crippen LogP) is 2.79. The number of anilines is 1. The van der Waals surface area contributed by atoms with Crippen LogP contribution in [0.4, 0.5) is 5.69 Å². The molecule has 7 heteroatoms. The molecular formula is C21H20N4O3. The van der Waals surface area contributed by atoms with Gasteiger partial charge in [0.15, 0.2) is 6.10 Å². The minimum Gasteiger partial charge on any atom is -0.449 e. The Bertz CT molecular complexity index is 999. The summed E-state index contributed by atoms with van der Waals surface area (Å²) in [5, 5.41) is 4.04. The van der Waals surface area contributed by atoms with Crippen molar-refractivity contribution in [2.45, 2.75) is 32.4 Å². The van der Waals surface area contributed by atoms with E-state index in [1.165, 1.54) is 6.33 Å². The lowest BCUT2D eigenvalue weighted by molar-refractivity contribution is -0.126. The van der Waals surface area contributed by atoms with Gasteiger partial charge < -0.3 is 9.64 Å². The molecule has 0 saturated carbocycles. The molecule has 142 valence electrons. The van der Waals surface area contributed by atoms with E-state index in [-0.39, 0.29) is 11.9 Å². The van der Waals surface area contributed by atoms with Crippen molar-refractivity contribution in [3.8, 4) is 5.69 Å². The molecule has 3 aromatic rings. The summed E-state index contributed by atoms with van der Waals surface area (Å²) < 4.78 is 7.03. The van der Waals surface area contributed by atoms with Gasteiger partial charge in [-0.15, -0.1) is 0 Å². The van der Waals surface area contributed by atoms with Gasteiger partial charge in [-0.25, -0.2) is 14.5 Å². The Balaban J connectivity index is 1.45. The molecule has 0 N–H and O–H groups in total. The number of rotatable bonds is 4. The maximum atomic E-state index is 12.9. The van der Waals surface area contributed by atoms with Gasteiger partial charge >= 0.3 is 5.97 Å². The van der Waals surface area contributed by atoms with Crippen LogP contribution in [0.25, 0.3) is 5.69 Å². The van der Waals surface area contributed by atoms with Crippen LogP contribution in [0.5, 0.6) is 0 Å². The molecule has 0 bridgehead atoms. The second kappa shape index (κ2) is 7.26. The number of esters is 1. The van der Waals surface area contributed by atoms with Crippen molar-refractivity contribution < 1.29 is 14.3 Å². The molecule has 1 aliphatic rings. The van der Waals surface area contributed by atoms with Crippen LogP contribution < -0.4 is 4.90 Å². The Labute approximate surface area is 162 Å². The normalized spacial score (nSPS) is 16.5. The van der Waals surface area contributed by atoms with E-state index in [1.807, 2.05) is 31.2 Å². The van der Waals surface area contributed by atoms with Gasteiger partial charge in [0.05, 0.1) is 11.3 Å². The molecule has 1 amide bonds. The lowest BCUT2D eigenvalue weighted by atomic mass is 10.1. The third kappa shape index (κ3) is 3.26. The zero-order chi connectivity index (χ0) is 19.7. The van der Waals surface area contributed by atoms with E-state index in [0.717, 1.165) is 23.4 Å². The molecule has 0 unspecified atom stereocenters. The topological polar surface area (TPSA) is 77.3 Å². The van der Waals surface area contributed by atoms with Crippen molar-refractivity contribution in [2.24, 2.45) is 0 Å². The molecule has 4 rings (SSSR count). The van der Waals surface area contributed by atoms with Gasteiger partial charge in [-0.1, -0.05) is 18.2 Å². The zero-order valence-electron chi connectivity index (χ0n) is 15.6. The molecule has 0 aliphatic carbocycles. The number of ether oxygens (including phenoxy) is 1. The van der Waals surface area contributed by atoms with Gasteiger partial charge in [0, 0.05) is 11.7 Å². The fourth-order valence-corrected chi connectivity index (χ4v) is 3.47. The predicted molar refractivity (Wildman–Crippen MR) is 103 cm³/mol. The van der Waals surface area contributed by atoms with Gasteiger partial charge in [-0.05, 0) is 56.2 Å². The highest BCUT2D eigenvalue weighted by molar-refractivity contribution is 6.00. The van der Waals surface area contributed by atoms with E-state index in [1.54, 1.807) is 47.1 Å². The van der Waals surface area contributed by atoms with Gasteiger partial charge in [0.1, 0.15) is 12.7 Å². The molecule has 1 aliphatic heterocycles. The SMILES string of the molecule is C[C@@H](OC(=O)c1ccc(-n2cncn2)cc1)C(=O)N1c2ccccc2C[C@@H]1C. The lowest BCUT2D eigenvalue weighted by Gasteiger charge is -2.26. The monoisotopic (exact) mass is 376 g/mol. The smallest absolute Gasteiger partial charge is 0.338 e. The average molecular weight is 376 g/mol. The molecule has 28 heavy (non-hydrogen) atoms. The molecule has 0 spiro atoms. The number of aromatic nitrogens is 3. The number of benzene rings is 2. The molecule has 7 nitrogen and oxygen atoms in total. The quantitative estimate of drug-likeness (QED) is 0.655. The molecule has 0 saturated heterocycles. The van der Waals surface area contributed by atoms with Gasteiger partial charge in [0.25, 0.3) is 5.91 Å². The van der Waals surface area contributed by atoms with Crippen molar-refractivity contribution in [1.29, 1.82) is 0 Å². The van der Waals surface area contributed by atoms with E-state index < -0.39 is 12.1 Å². The molecule has 2 atom stereocenters. The summed E-state index contributed by atoms with van der Waals surface area (Å²) in [6.45, 7) is 3.60. The first-order valence-electron chi connectivity index (χ1n) is 9.11. The fraction of sp³-hybridized carbons (Fsp3) is 0.238. The van der Waals surface area contributed by atoms with Gasteiger partial charge in [-0.2, -0.15) is 5.10 Å². The third-order valence-electron chi connectivity index (χ3n) is 4.86. The van der Waals surface area contributed by atoms with E-state index in [9.17, 15) is 9.59 Å². The van der Waals surface area contributed by atoms with Crippen molar-refractivity contribution in [3.05, 3.63) is 72.3 Å². The number of hydrogen-bond donors (Lipinski definition) is 0. The summed E-state index contributed by atoms with van der Waals surface area (Å²) in [5.74, 6) is -0.754. The second-order valence-electron chi connectivity index (χ2n) is 6.82. The molecule has 0 fully saturated rings. The largest absolute Gasteiger partial charge is 0.449 e. The number of nitrogens with zero attached hydrogens (tertiary/aromatic N) is 4. The number of para-hydroxylation sites is 1. The fourth-order valence-electron chi connectivity index (χ4n) is 3.47. The number of fused-ring (bicyclic) bond motifs is 1. The van der Waals surface area contributed by atoms with Gasteiger partial charge in [0.2, 0.25) is 0 Å². The van der Waals surface area contributed by atoms with E-state index >= 15 is 0 Å².